The molecule has 1 saturated heterocycles. The first-order valence-corrected chi connectivity index (χ1v) is 9.73. The van der Waals surface area contributed by atoms with Crippen LogP contribution in [0.3, 0.4) is 0 Å². The fraction of sp³-hybridized carbons (Fsp3) is 0.857. The summed E-state index contributed by atoms with van der Waals surface area (Å²) in [4.78, 5) is 16.0. The smallest absolute Gasteiger partial charge is 0.222 e. The molecule has 0 aromatic rings. The fourth-order valence-electron chi connectivity index (χ4n) is 2.14. The van der Waals surface area contributed by atoms with Gasteiger partial charge in [0.2, 0.25) is 5.91 Å². The lowest BCUT2D eigenvalue weighted by atomic mass is 10.2. The molecular formula is C14H29IN4O3S. The number of nitrogens with zero attached hydrogens (tertiary/aromatic N) is 1. The molecule has 0 spiro atoms. The van der Waals surface area contributed by atoms with Crippen LogP contribution in [0.25, 0.3) is 0 Å². The van der Waals surface area contributed by atoms with E-state index in [0.29, 0.717) is 31.9 Å². The maximum Gasteiger partial charge on any atom is 0.222 e. The first-order valence-electron chi connectivity index (χ1n) is 7.91. The maximum atomic E-state index is 11.7. The third-order valence-electron chi connectivity index (χ3n) is 3.55. The van der Waals surface area contributed by atoms with Crippen molar-refractivity contribution in [3.05, 3.63) is 0 Å². The highest BCUT2D eigenvalue weighted by Gasteiger charge is 2.28. The van der Waals surface area contributed by atoms with E-state index in [4.69, 9.17) is 0 Å². The Bertz CT molecular complexity index is 496. The lowest BCUT2D eigenvalue weighted by Gasteiger charge is -2.16. The van der Waals surface area contributed by atoms with Gasteiger partial charge in [0.1, 0.15) is 0 Å². The summed E-state index contributed by atoms with van der Waals surface area (Å²) < 4.78 is 22.9. The van der Waals surface area contributed by atoms with Crippen molar-refractivity contribution >= 4 is 45.7 Å². The molecule has 1 aliphatic heterocycles. The highest BCUT2D eigenvalue weighted by Crippen LogP contribution is 2.10. The Morgan fingerprint density at radius 2 is 2.04 bits per heavy atom. The molecule has 136 valence electrons. The van der Waals surface area contributed by atoms with Gasteiger partial charge < -0.3 is 16.0 Å². The standard InChI is InChI=1S/C14H28N4O3S.HI/c1-4-11(3)17-13(19)6-8-16-14(15-5-2)18-12-7-9-22(20,21)10-12;/h11-12H,4-10H2,1-3H3,(H,17,19)(H2,15,16,18);1H. The Hall–Kier alpha value is -0.580. The number of nitrogens with one attached hydrogen (secondary N) is 3. The molecule has 0 aromatic carbocycles. The molecule has 2 atom stereocenters. The topological polar surface area (TPSA) is 99.7 Å². The van der Waals surface area contributed by atoms with Crippen molar-refractivity contribution in [1.82, 2.24) is 16.0 Å². The second-order valence-corrected chi connectivity index (χ2v) is 7.86. The molecule has 1 aliphatic rings. The number of hydrogen-bond acceptors (Lipinski definition) is 4. The van der Waals surface area contributed by atoms with Gasteiger partial charge in [0, 0.05) is 25.0 Å². The zero-order chi connectivity index (χ0) is 16.6. The molecule has 0 bridgehead atoms. The number of aliphatic imine (C=N–C) groups is 1. The van der Waals surface area contributed by atoms with E-state index < -0.39 is 9.84 Å². The third kappa shape index (κ3) is 9.33. The molecule has 0 saturated carbocycles. The number of sulfone groups is 1. The van der Waals surface area contributed by atoms with E-state index in [-0.39, 0.29) is 53.5 Å². The molecule has 3 N–H and O–H groups in total. The van der Waals surface area contributed by atoms with Crippen LogP contribution in [0.2, 0.25) is 0 Å². The van der Waals surface area contributed by atoms with Gasteiger partial charge in [-0.05, 0) is 26.7 Å². The molecule has 1 rings (SSSR count). The fourth-order valence-corrected chi connectivity index (χ4v) is 3.81. The van der Waals surface area contributed by atoms with Crippen LogP contribution in [0.15, 0.2) is 4.99 Å². The Labute approximate surface area is 156 Å². The molecule has 0 aliphatic carbocycles. The van der Waals surface area contributed by atoms with Gasteiger partial charge in [0.05, 0.1) is 18.1 Å². The predicted molar refractivity (Wildman–Crippen MR) is 104 cm³/mol. The summed E-state index contributed by atoms with van der Waals surface area (Å²) in [5, 5.41) is 9.09. The van der Waals surface area contributed by atoms with E-state index in [9.17, 15) is 13.2 Å². The largest absolute Gasteiger partial charge is 0.357 e. The second kappa shape index (κ2) is 11.1. The molecule has 1 heterocycles. The van der Waals surface area contributed by atoms with Gasteiger partial charge in [-0.1, -0.05) is 6.92 Å². The normalized spacial score (nSPS) is 21.2. The lowest BCUT2D eigenvalue weighted by molar-refractivity contribution is -0.121. The van der Waals surface area contributed by atoms with E-state index in [1.54, 1.807) is 0 Å². The van der Waals surface area contributed by atoms with Gasteiger partial charge in [-0.3, -0.25) is 9.79 Å². The number of hydrogen-bond donors (Lipinski definition) is 3. The van der Waals surface area contributed by atoms with Gasteiger partial charge in [-0.25, -0.2) is 8.42 Å². The Morgan fingerprint density at radius 3 is 2.57 bits per heavy atom. The summed E-state index contributed by atoms with van der Waals surface area (Å²) in [6, 6.07) is 0.0725. The van der Waals surface area contributed by atoms with Crippen LogP contribution in [0.1, 0.15) is 40.0 Å². The minimum atomic E-state index is -2.92. The quantitative estimate of drug-likeness (QED) is 0.295. The highest BCUT2D eigenvalue weighted by molar-refractivity contribution is 14.0. The Kier molecular flexibility index (Phi) is 10.8. The van der Waals surface area contributed by atoms with Crippen molar-refractivity contribution in [2.45, 2.75) is 52.1 Å². The molecule has 1 fully saturated rings. The zero-order valence-corrected chi connectivity index (χ0v) is 17.2. The van der Waals surface area contributed by atoms with Crippen molar-refractivity contribution in [3.8, 4) is 0 Å². The monoisotopic (exact) mass is 460 g/mol. The van der Waals surface area contributed by atoms with Crippen LogP contribution >= 0.6 is 24.0 Å². The number of carbonyl (C=O) groups excluding carboxylic acids is 1. The number of guanidine groups is 1. The number of rotatable bonds is 7. The van der Waals surface area contributed by atoms with Crippen molar-refractivity contribution in [1.29, 1.82) is 0 Å². The SMILES string of the molecule is CCNC(=NCCC(=O)NC(C)CC)NC1CCS(=O)(=O)C1.I. The third-order valence-corrected chi connectivity index (χ3v) is 5.31. The number of carbonyl (C=O) groups is 1. The summed E-state index contributed by atoms with van der Waals surface area (Å²) in [7, 11) is -2.92. The first kappa shape index (κ1) is 22.4. The van der Waals surface area contributed by atoms with Gasteiger partial charge >= 0.3 is 0 Å². The molecule has 7 nitrogen and oxygen atoms in total. The molecular weight excluding hydrogens is 431 g/mol. The first-order chi connectivity index (χ1) is 10.4. The van der Waals surface area contributed by atoms with Gasteiger partial charge in [-0.2, -0.15) is 0 Å². The predicted octanol–water partition coefficient (Wildman–Crippen LogP) is 0.651. The van der Waals surface area contributed by atoms with Gasteiger partial charge in [0.15, 0.2) is 15.8 Å². The van der Waals surface area contributed by atoms with E-state index in [1.165, 1.54) is 0 Å². The van der Waals surface area contributed by atoms with Crippen LogP contribution < -0.4 is 16.0 Å². The number of halogens is 1. The summed E-state index contributed by atoms with van der Waals surface area (Å²) in [6.07, 6.45) is 1.82. The molecule has 1 amide bonds. The van der Waals surface area contributed by atoms with Crippen LogP contribution in [0.4, 0.5) is 0 Å². The average Bonchev–Trinajstić information content (AvgIpc) is 2.77. The zero-order valence-electron chi connectivity index (χ0n) is 14.1. The van der Waals surface area contributed by atoms with Crippen molar-refractivity contribution in [3.63, 3.8) is 0 Å². The Morgan fingerprint density at radius 1 is 1.35 bits per heavy atom. The summed E-state index contributed by atoms with van der Waals surface area (Å²) in [5.41, 5.74) is 0. The van der Waals surface area contributed by atoms with E-state index in [1.807, 2.05) is 20.8 Å². The van der Waals surface area contributed by atoms with Crippen LogP contribution in [-0.4, -0.2) is 57.0 Å². The van der Waals surface area contributed by atoms with Gasteiger partial charge in [-0.15, -0.1) is 24.0 Å². The number of amides is 1. The molecule has 0 radical (unpaired) electrons. The molecule has 23 heavy (non-hydrogen) atoms. The summed E-state index contributed by atoms with van der Waals surface area (Å²) >= 11 is 0. The van der Waals surface area contributed by atoms with Crippen molar-refractivity contribution in [2.75, 3.05) is 24.6 Å². The Balaban J connectivity index is 0.00000484. The molecule has 9 heteroatoms. The molecule has 2 unspecified atom stereocenters. The van der Waals surface area contributed by atoms with E-state index in [0.717, 1.165) is 6.42 Å². The maximum absolute atomic E-state index is 11.7. The minimum Gasteiger partial charge on any atom is -0.357 e. The van der Waals surface area contributed by atoms with Crippen LogP contribution in [-0.2, 0) is 14.6 Å². The lowest BCUT2D eigenvalue weighted by Crippen LogP contribution is -2.44. The van der Waals surface area contributed by atoms with Crippen molar-refractivity contribution in [2.24, 2.45) is 4.99 Å². The van der Waals surface area contributed by atoms with E-state index >= 15 is 0 Å². The summed E-state index contributed by atoms with van der Waals surface area (Å²) in [6.45, 7) is 6.99. The van der Waals surface area contributed by atoms with Crippen LogP contribution in [0.5, 0.6) is 0 Å². The van der Waals surface area contributed by atoms with Gasteiger partial charge in [0.25, 0.3) is 0 Å². The second-order valence-electron chi connectivity index (χ2n) is 5.63. The van der Waals surface area contributed by atoms with E-state index in [2.05, 4.69) is 20.9 Å². The van der Waals surface area contributed by atoms with Crippen molar-refractivity contribution < 1.29 is 13.2 Å². The average molecular weight is 460 g/mol. The highest BCUT2D eigenvalue weighted by atomic mass is 127. The molecule has 0 aromatic heterocycles. The van der Waals surface area contributed by atoms with Crippen LogP contribution in [0, 0.1) is 0 Å². The summed E-state index contributed by atoms with van der Waals surface area (Å²) in [5.74, 6) is 0.922. The minimum absolute atomic E-state index is 0.